The maximum Gasteiger partial charge on any atom is 0.0688 e. The van der Waals surface area contributed by atoms with Crippen LogP contribution in [0.25, 0.3) is 21.2 Å². The van der Waals surface area contributed by atoms with Crippen molar-refractivity contribution in [2.75, 3.05) is 9.80 Å². The highest BCUT2D eigenvalue weighted by Crippen LogP contribution is 2.57. The molecule has 0 saturated heterocycles. The van der Waals surface area contributed by atoms with E-state index in [2.05, 4.69) is 181 Å². The van der Waals surface area contributed by atoms with Gasteiger partial charge in [0, 0.05) is 43.1 Å². The molecule has 0 saturated carbocycles. The molecule has 0 atom stereocenters. The van der Waals surface area contributed by atoms with Gasteiger partial charge in [-0.05, 0) is 77.4 Å². The Morgan fingerprint density at radius 1 is 0.523 bits per heavy atom. The first-order valence-electron chi connectivity index (χ1n) is 15.1. The van der Waals surface area contributed by atoms with E-state index < -0.39 is 0 Å². The van der Waals surface area contributed by atoms with E-state index >= 15 is 0 Å². The quantitative estimate of drug-likeness (QED) is 0.199. The van der Waals surface area contributed by atoms with Gasteiger partial charge in [-0.3, -0.25) is 0 Å². The minimum absolute atomic E-state index is 0.0683. The number of thiophene rings is 1. The molecule has 0 fully saturated rings. The Kier molecular flexibility index (Phi) is 6.36. The summed E-state index contributed by atoms with van der Waals surface area (Å²) in [6.45, 7) is 4.72. The van der Waals surface area contributed by atoms with Gasteiger partial charge in [0.05, 0.1) is 11.4 Å². The monoisotopic (exact) mass is 584 g/mol. The summed E-state index contributed by atoms with van der Waals surface area (Å²) >= 11 is 1.92. The molecule has 0 unspecified atom stereocenters. The van der Waals surface area contributed by atoms with Crippen LogP contribution in [0.5, 0.6) is 0 Å². The van der Waals surface area contributed by atoms with Crippen LogP contribution in [0, 0.1) is 0 Å². The van der Waals surface area contributed by atoms with Crippen LogP contribution in [0.3, 0.4) is 0 Å². The van der Waals surface area contributed by atoms with Crippen molar-refractivity contribution in [1.29, 1.82) is 0 Å². The van der Waals surface area contributed by atoms with Crippen molar-refractivity contribution in [3.8, 4) is 11.1 Å². The topological polar surface area (TPSA) is 6.48 Å². The lowest BCUT2D eigenvalue weighted by Gasteiger charge is -2.40. The van der Waals surface area contributed by atoms with Crippen LogP contribution in [0.15, 0.2) is 158 Å². The zero-order valence-corrected chi connectivity index (χ0v) is 25.6. The molecule has 0 radical (unpaired) electrons. The van der Waals surface area contributed by atoms with Crippen molar-refractivity contribution in [3.63, 3.8) is 0 Å². The van der Waals surface area contributed by atoms with E-state index in [9.17, 15) is 0 Å². The number of para-hydroxylation sites is 3. The van der Waals surface area contributed by atoms with Crippen LogP contribution in [-0.4, -0.2) is 0 Å². The van der Waals surface area contributed by atoms with Crippen LogP contribution >= 0.6 is 11.3 Å². The third-order valence-electron chi connectivity index (χ3n) is 8.79. The summed E-state index contributed by atoms with van der Waals surface area (Å²) in [5, 5.41) is 1.32. The first-order chi connectivity index (χ1) is 21.6. The zero-order chi connectivity index (χ0) is 29.7. The molecule has 0 bridgehead atoms. The van der Waals surface area contributed by atoms with Gasteiger partial charge < -0.3 is 9.80 Å². The van der Waals surface area contributed by atoms with Gasteiger partial charge >= 0.3 is 0 Å². The first kappa shape index (κ1) is 26.5. The number of benzene rings is 6. The molecule has 1 aliphatic rings. The van der Waals surface area contributed by atoms with E-state index in [1.807, 2.05) is 11.3 Å². The van der Waals surface area contributed by atoms with Crippen molar-refractivity contribution in [2.45, 2.75) is 19.3 Å². The largest absolute Gasteiger partial charge is 0.311 e. The fourth-order valence-electron chi connectivity index (χ4n) is 6.59. The standard InChI is InChI=1S/C41H32N2S/c1-41(2)36-18-10-11-19-37(36)43(39-35-17-9-12-20-38(35)44-40(39)41)34-27-23-30(24-28-34)29-21-25-33(26-22-29)42(31-13-5-3-6-14-31)32-15-7-4-8-16-32/h3-28H,1-2H3. The van der Waals surface area contributed by atoms with Gasteiger partial charge in [0.2, 0.25) is 0 Å². The smallest absolute Gasteiger partial charge is 0.0688 e. The average molecular weight is 585 g/mol. The van der Waals surface area contributed by atoms with E-state index in [1.165, 1.54) is 48.7 Å². The third-order valence-corrected chi connectivity index (χ3v) is 10.3. The van der Waals surface area contributed by atoms with Crippen molar-refractivity contribution in [1.82, 2.24) is 0 Å². The lowest BCUT2D eigenvalue weighted by molar-refractivity contribution is 0.647. The third kappa shape index (κ3) is 4.32. The van der Waals surface area contributed by atoms with Crippen LogP contribution < -0.4 is 9.80 Å². The summed E-state index contributed by atoms with van der Waals surface area (Å²) in [5.41, 5.74) is 10.9. The second kappa shape index (κ2) is 10.6. The molecule has 3 heteroatoms. The number of nitrogens with zero attached hydrogens (tertiary/aromatic N) is 2. The second-order valence-corrected chi connectivity index (χ2v) is 12.9. The Balaban J connectivity index is 1.17. The molecular weight excluding hydrogens is 553 g/mol. The molecule has 0 spiro atoms. The summed E-state index contributed by atoms with van der Waals surface area (Å²) in [7, 11) is 0. The van der Waals surface area contributed by atoms with Crippen LogP contribution in [-0.2, 0) is 5.41 Å². The van der Waals surface area contributed by atoms with Gasteiger partial charge in [0.1, 0.15) is 0 Å². The van der Waals surface area contributed by atoms with Gasteiger partial charge in [0.15, 0.2) is 0 Å². The van der Waals surface area contributed by atoms with Crippen molar-refractivity contribution >= 4 is 55.5 Å². The second-order valence-electron chi connectivity index (χ2n) is 11.9. The average Bonchev–Trinajstić information content (AvgIpc) is 3.48. The molecule has 0 amide bonds. The SMILES string of the molecule is CC1(C)c2ccccc2N(c2ccc(-c3ccc(N(c4ccccc4)c4ccccc4)cc3)cc2)c2c1sc1ccccc21. The van der Waals surface area contributed by atoms with E-state index in [0.29, 0.717) is 0 Å². The Bertz CT molecular complexity index is 2040. The first-order valence-corrected chi connectivity index (χ1v) is 15.9. The number of anilines is 6. The van der Waals surface area contributed by atoms with Crippen LogP contribution in [0.1, 0.15) is 24.3 Å². The van der Waals surface area contributed by atoms with Crippen molar-refractivity contribution < 1.29 is 0 Å². The highest BCUT2D eigenvalue weighted by molar-refractivity contribution is 7.20. The molecule has 8 rings (SSSR count). The summed E-state index contributed by atoms with van der Waals surface area (Å²) in [6.07, 6.45) is 0. The molecule has 6 aromatic carbocycles. The molecule has 2 heterocycles. The lowest BCUT2D eigenvalue weighted by atomic mass is 9.78. The minimum atomic E-state index is -0.0683. The molecular formula is C41H32N2S. The van der Waals surface area contributed by atoms with Gasteiger partial charge in [-0.1, -0.05) is 111 Å². The predicted molar refractivity (Wildman–Crippen MR) is 189 cm³/mol. The molecule has 44 heavy (non-hydrogen) atoms. The number of hydrogen-bond acceptors (Lipinski definition) is 3. The number of hydrogen-bond donors (Lipinski definition) is 0. The fraction of sp³-hybridized carbons (Fsp3) is 0.0732. The Labute approximate surface area is 263 Å². The molecule has 212 valence electrons. The van der Waals surface area contributed by atoms with Crippen molar-refractivity contribution in [2.24, 2.45) is 0 Å². The van der Waals surface area contributed by atoms with Crippen molar-refractivity contribution in [3.05, 3.63) is 168 Å². The number of fused-ring (bicyclic) bond motifs is 4. The summed E-state index contributed by atoms with van der Waals surface area (Å²) < 4.78 is 1.33. The van der Waals surface area contributed by atoms with Crippen LogP contribution in [0.4, 0.5) is 34.1 Å². The van der Waals surface area contributed by atoms with Gasteiger partial charge in [-0.25, -0.2) is 0 Å². The summed E-state index contributed by atoms with van der Waals surface area (Å²) in [4.78, 5) is 6.18. The molecule has 1 aliphatic heterocycles. The van der Waals surface area contributed by atoms with Gasteiger partial charge in [0.25, 0.3) is 0 Å². The fourth-order valence-corrected chi connectivity index (χ4v) is 7.90. The maximum atomic E-state index is 2.47. The normalized spacial score (nSPS) is 13.4. The highest BCUT2D eigenvalue weighted by Gasteiger charge is 2.39. The predicted octanol–water partition coefficient (Wildman–Crippen LogP) is 12.1. The minimum Gasteiger partial charge on any atom is -0.311 e. The molecule has 2 nitrogen and oxygen atoms in total. The Hall–Kier alpha value is -5.12. The lowest BCUT2D eigenvalue weighted by Crippen LogP contribution is -2.29. The molecule has 0 aliphatic carbocycles. The molecule has 1 aromatic heterocycles. The molecule has 0 N–H and O–H groups in total. The zero-order valence-electron chi connectivity index (χ0n) is 24.8. The van der Waals surface area contributed by atoms with E-state index in [4.69, 9.17) is 0 Å². The Morgan fingerprint density at radius 2 is 1.05 bits per heavy atom. The van der Waals surface area contributed by atoms with Gasteiger partial charge in [-0.2, -0.15) is 0 Å². The maximum absolute atomic E-state index is 2.47. The van der Waals surface area contributed by atoms with E-state index in [-0.39, 0.29) is 5.41 Å². The summed E-state index contributed by atoms with van der Waals surface area (Å²) in [6, 6.07) is 56.8. The van der Waals surface area contributed by atoms with Crippen LogP contribution in [0.2, 0.25) is 0 Å². The van der Waals surface area contributed by atoms with E-state index in [1.54, 1.807) is 0 Å². The summed E-state index contributed by atoms with van der Waals surface area (Å²) in [5.74, 6) is 0. The molecule has 7 aromatic rings. The Morgan fingerprint density at radius 3 is 1.70 bits per heavy atom. The number of rotatable bonds is 5. The van der Waals surface area contributed by atoms with Gasteiger partial charge in [-0.15, -0.1) is 11.3 Å². The van der Waals surface area contributed by atoms with E-state index in [0.717, 1.165) is 17.1 Å². The highest BCUT2D eigenvalue weighted by atomic mass is 32.1.